The molecule has 2 atom stereocenters. The molecule has 1 N–H and O–H groups in total. The average Bonchev–Trinajstić information content (AvgIpc) is 2.75. The van der Waals surface area contributed by atoms with Gasteiger partial charge in [0.2, 0.25) is 0 Å². The van der Waals surface area contributed by atoms with E-state index in [4.69, 9.17) is 14.2 Å². The molecular weight excluding hydrogens is 338 g/mol. The first-order valence-corrected chi connectivity index (χ1v) is 9.26. The highest BCUT2D eigenvalue weighted by Gasteiger charge is 2.28. The highest BCUT2D eigenvalue weighted by atomic mass is 16.6. The van der Waals surface area contributed by atoms with Gasteiger partial charge in [0.05, 0.1) is 6.61 Å². The molecule has 0 aliphatic carbocycles. The fourth-order valence-electron chi connectivity index (χ4n) is 3.17. The van der Waals surface area contributed by atoms with Crippen molar-refractivity contribution in [3.63, 3.8) is 0 Å². The molecular formula is C23H23NO3. The molecule has 1 aliphatic rings. The van der Waals surface area contributed by atoms with E-state index in [1.807, 2.05) is 72.8 Å². The summed E-state index contributed by atoms with van der Waals surface area (Å²) in [4.78, 5) is 0. The van der Waals surface area contributed by atoms with Crippen molar-refractivity contribution in [3.05, 3.63) is 90.5 Å². The molecule has 138 valence electrons. The molecule has 1 heterocycles. The van der Waals surface area contributed by atoms with Crippen molar-refractivity contribution in [2.24, 2.45) is 0 Å². The Hall–Kier alpha value is -2.82. The van der Waals surface area contributed by atoms with Gasteiger partial charge in [-0.2, -0.15) is 0 Å². The van der Waals surface area contributed by atoms with Gasteiger partial charge in [-0.05, 0) is 29.8 Å². The molecule has 3 aromatic rings. The quantitative estimate of drug-likeness (QED) is 0.697. The van der Waals surface area contributed by atoms with Crippen LogP contribution in [0.1, 0.15) is 11.7 Å². The van der Waals surface area contributed by atoms with Crippen LogP contribution in [0.25, 0.3) is 0 Å². The van der Waals surface area contributed by atoms with E-state index in [1.54, 1.807) is 0 Å². The number of nitrogens with one attached hydrogen (secondary N) is 1. The number of para-hydroxylation sites is 3. The zero-order valence-corrected chi connectivity index (χ0v) is 15.1. The number of rotatable bonds is 6. The van der Waals surface area contributed by atoms with Crippen LogP contribution in [-0.2, 0) is 4.74 Å². The summed E-state index contributed by atoms with van der Waals surface area (Å²) in [6, 6.07) is 27.7. The molecule has 0 unspecified atom stereocenters. The van der Waals surface area contributed by atoms with Crippen molar-refractivity contribution in [2.75, 3.05) is 19.7 Å². The molecule has 4 nitrogen and oxygen atoms in total. The second-order valence-electron chi connectivity index (χ2n) is 6.42. The third-order valence-corrected chi connectivity index (χ3v) is 4.50. The van der Waals surface area contributed by atoms with Gasteiger partial charge in [0, 0.05) is 13.1 Å². The van der Waals surface area contributed by atoms with E-state index in [9.17, 15) is 0 Å². The van der Waals surface area contributed by atoms with Crippen LogP contribution in [0.15, 0.2) is 84.9 Å². The second kappa shape index (κ2) is 8.71. The van der Waals surface area contributed by atoms with Crippen molar-refractivity contribution in [3.8, 4) is 17.2 Å². The fraction of sp³-hybridized carbons (Fsp3) is 0.217. The molecule has 3 aromatic carbocycles. The smallest absolute Gasteiger partial charge is 0.169 e. The van der Waals surface area contributed by atoms with E-state index in [-0.39, 0.29) is 12.2 Å². The maximum atomic E-state index is 6.45. The van der Waals surface area contributed by atoms with Gasteiger partial charge in [-0.15, -0.1) is 0 Å². The Labute approximate surface area is 159 Å². The summed E-state index contributed by atoms with van der Waals surface area (Å²) in [7, 11) is 0. The predicted molar refractivity (Wildman–Crippen MR) is 105 cm³/mol. The van der Waals surface area contributed by atoms with E-state index in [2.05, 4.69) is 17.4 Å². The maximum absolute atomic E-state index is 6.45. The maximum Gasteiger partial charge on any atom is 0.169 e. The minimum atomic E-state index is -0.223. The first-order valence-electron chi connectivity index (χ1n) is 9.26. The summed E-state index contributed by atoms with van der Waals surface area (Å²) < 4.78 is 18.5. The zero-order valence-electron chi connectivity index (χ0n) is 15.1. The van der Waals surface area contributed by atoms with E-state index in [0.717, 1.165) is 24.4 Å². The normalized spacial score (nSPS) is 17.9. The third-order valence-electron chi connectivity index (χ3n) is 4.50. The van der Waals surface area contributed by atoms with Gasteiger partial charge in [0.15, 0.2) is 17.6 Å². The standard InChI is InChI=1S/C23H23NO3/c1-3-9-18(10-4-1)23(22-17-24-15-16-25-22)27-21-14-8-7-13-20(21)26-19-11-5-2-6-12-19/h1-14,22-24H,15-17H2/t22-,23-/m0/s1. The lowest BCUT2D eigenvalue weighted by atomic mass is 10.0. The lowest BCUT2D eigenvalue weighted by molar-refractivity contribution is -0.0437. The lowest BCUT2D eigenvalue weighted by Gasteiger charge is -2.32. The summed E-state index contributed by atoms with van der Waals surface area (Å²) >= 11 is 0. The van der Waals surface area contributed by atoms with Crippen LogP contribution in [0.2, 0.25) is 0 Å². The number of benzene rings is 3. The molecule has 0 saturated carbocycles. The molecule has 0 radical (unpaired) electrons. The SMILES string of the molecule is c1ccc(Oc2ccccc2O[C@@H](c2ccccc2)[C@@H]2CNCCO2)cc1. The van der Waals surface area contributed by atoms with Gasteiger partial charge in [-0.1, -0.05) is 60.7 Å². The Morgan fingerprint density at radius 1 is 0.815 bits per heavy atom. The first kappa shape index (κ1) is 17.6. The van der Waals surface area contributed by atoms with Crippen molar-refractivity contribution in [1.82, 2.24) is 5.32 Å². The summed E-state index contributed by atoms with van der Waals surface area (Å²) in [5.74, 6) is 2.16. The van der Waals surface area contributed by atoms with Gasteiger partial charge < -0.3 is 19.5 Å². The monoisotopic (exact) mass is 361 g/mol. The predicted octanol–water partition coefficient (Wildman–Crippen LogP) is 4.59. The van der Waals surface area contributed by atoms with E-state index < -0.39 is 0 Å². The minimum Gasteiger partial charge on any atom is -0.479 e. The lowest BCUT2D eigenvalue weighted by Crippen LogP contribution is -2.43. The molecule has 4 heteroatoms. The molecule has 0 aromatic heterocycles. The average molecular weight is 361 g/mol. The zero-order chi connectivity index (χ0) is 18.3. The number of morpholine rings is 1. The Bertz CT molecular complexity index is 833. The molecule has 0 amide bonds. The van der Waals surface area contributed by atoms with Crippen molar-refractivity contribution in [1.29, 1.82) is 0 Å². The molecule has 1 saturated heterocycles. The summed E-state index contributed by atoms with van der Waals surface area (Å²) in [5, 5.41) is 3.39. The third kappa shape index (κ3) is 4.48. The highest BCUT2D eigenvalue weighted by molar-refractivity contribution is 5.43. The second-order valence-corrected chi connectivity index (χ2v) is 6.42. The Kier molecular flexibility index (Phi) is 5.67. The number of hydrogen-bond acceptors (Lipinski definition) is 4. The molecule has 27 heavy (non-hydrogen) atoms. The molecule has 1 fully saturated rings. The van der Waals surface area contributed by atoms with Crippen molar-refractivity contribution < 1.29 is 14.2 Å². The number of ether oxygens (including phenoxy) is 3. The van der Waals surface area contributed by atoms with Crippen molar-refractivity contribution >= 4 is 0 Å². The van der Waals surface area contributed by atoms with Crippen LogP contribution < -0.4 is 14.8 Å². The van der Waals surface area contributed by atoms with Gasteiger partial charge in [0.1, 0.15) is 11.9 Å². The Balaban J connectivity index is 1.61. The minimum absolute atomic E-state index is 0.0640. The van der Waals surface area contributed by atoms with Crippen LogP contribution in [0.4, 0.5) is 0 Å². The van der Waals surface area contributed by atoms with Gasteiger partial charge in [0.25, 0.3) is 0 Å². The van der Waals surface area contributed by atoms with Crippen LogP contribution in [0, 0.1) is 0 Å². The van der Waals surface area contributed by atoms with Crippen molar-refractivity contribution in [2.45, 2.75) is 12.2 Å². The van der Waals surface area contributed by atoms with E-state index in [1.165, 1.54) is 0 Å². The number of hydrogen-bond donors (Lipinski definition) is 1. The van der Waals surface area contributed by atoms with Gasteiger partial charge >= 0.3 is 0 Å². The van der Waals surface area contributed by atoms with Crippen LogP contribution in [-0.4, -0.2) is 25.8 Å². The first-order chi connectivity index (χ1) is 13.4. The Morgan fingerprint density at radius 2 is 1.48 bits per heavy atom. The van der Waals surface area contributed by atoms with Gasteiger partial charge in [-0.25, -0.2) is 0 Å². The van der Waals surface area contributed by atoms with Crippen LogP contribution in [0.3, 0.4) is 0 Å². The summed E-state index contributed by atoms with van der Waals surface area (Å²) in [6.45, 7) is 2.30. The topological polar surface area (TPSA) is 39.7 Å². The Morgan fingerprint density at radius 3 is 2.19 bits per heavy atom. The summed E-state index contributed by atoms with van der Waals surface area (Å²) in [6.07, 6.45) is -0.287. The fourth-order valence-corrected chi connectivity index (χ4v) is 3.17. The van der Waals surface area contributed by atoms with Gasteiger partial charge in [-0.3, -0.25) is 0 Å². The van der Waals surface area contributed by atoms with Crippen LogP contribution >= 0.6 is 0 Å². The molecule has 0 bridgehead atoms. The molecule has 0 spiro atoms. The van der Waals surface area contributed by atoms with Crippen LogP contribution in [0.5, 0.6) is 17.2 Å². The molecule has 4 rings (SSSR count). The largest absolute Gasteiger partial charge is 0.479 e. The van der Waals surface area contributed by atoms with E-state index in [0.29, 0.717) is 18.1 Å². The van der Waals surface area contributed by atoms with E-state index >= 15 is 0 Å². The molecule has 1 aliphatic heterocycles. The summed E-state index contributed by atoms with van der Waals surface area (Å²) in [5.41, 5.74) is 1.08. The highest BCUT2D eigenvalue weighted by Crippen LogP contribution is 2.36.